The van der Waals surface area contributed by atoms with Crippen molar-refractivity contribution in [1.82, 2.24) is 15.5 Å². The van der Waals surface area contributed by atoms with Gasteiger partial charge in [0.2, 0.25) is 0 Å². The largest absolute Gasteiger partial charge is 0.306 e. The Kier molecular flexibility index (Phi) is 3.91. The second-order valence-electron chi connectivity index (χ2n) is 5.00. The number of hydrogen-bond donors (Lipinski definition) is 1. The summed E-state index contributed by atoms with van der Waals surface area (Å²) >= 11 is 3.42. The third kappa shape index (κ3) is 4.18. The Hall–Kier alpha value is -0.780. The van der Waals surface area contributed by atoms with Gasteiger partial charge < -0.3 is 5.32 Å². The molecule has 2 aromatic rings. The normalized spacial score (nSPS) is 11.9. The van der Waals surface area contributed by atoms with Crippen molar-refractivity contribution in [2.75, 3.05) is 0 Å². The molecule has 0 saturated carbocycles. The molecule has 2 rings (SSSR count). The van der Waals surface area contributed by atoms with Gasteiger partial charge in [-0.15, -0.1) is 10.2 Å². The van der Waals surface area contributed by atoms with Crippen LogP contribution in [0.4, 0.5) is 0 Å². The lowest BCUT2D eigenvalue weighted by Crippen LogP contribution is -2.35. The summed E-state index contributed by atoms with van der Waals surface area (Å²) in [6, 6.07) is 2.14. The number of nitrogens with zero attached hydrogens (tertiary/aromatic N) is 2. The van der Waals surface area contributed by atoms with Crippen LogP contribution in [-0.2, 0) is 13.0 Å². The lowest BCUT2D eigenvalue weighted by Gasteiger charge is -2.19. The van der Waals surface area contributed by atoms with Crippen molar-refractivity contribution in [3.63, 3.8) is 0 Å². The molecule has 0 atom stereocenters. The third-order valence-electron chi connectivity index (χ3n) is 2.21. The van der Waals surface area contributed by atoms with E-state index in [4.69, 9.17) is 0 Å². The number of aromatic nitrogens is 2. The van der Waals surface area contributed by atoms with Gasteiger partial charge in [-0.3, -0.25) is 0 Å². The molecule has 0 saturated heterocycles. The maximum Gasteiger partial charge on any atom is 0.131 e. The van der Waals surface area contributed by atoms with Crippen molar-refractivity contribution in [3.05, 3.63) is 32.4 Å². The maximum absolute atomic E-state index is 4.22. The van der Waals surface area contributed by atoms with Crippen LogP contribution in [0, 0.1) is 0 Å². The maximum atomic E-state index is 4.22. The van der Waals surface area contributed by atoms with Crippen molar-refractivity contribution in [3.8, 4) is 0 Å². The van der Waals surface area contributed by atoms with Gasteiger partial charge >= 0.3 is 0 Å². The van der Waals surface area contributed by atoms with E-state index in [-0.39, 0.29) is 5.54 Å². The Morgan fingerprint density at radius 2 is 2.00 bits per heavy atom. The van der Waals surface area contributed by atoms with Crippen LogP contribution in [0.15, 0.2) is 16.8 Å². The number of hydrogen-bond acceptors (Lipinski definition) is 5. The van der Waals surface area contributed by atoms with Gasteiger partial charge in [0, 0.05) is 12.0 Å². The molecule has 5 heteroatoms. The smallest absolute Gasteiger partial charge is 0.131 e. The summed E-state index contributed by atoms with van der Waals surface area (Å²) < 4.78 is 0. The molecular formula is C12H17N3S2. The second kappa shape index (κ2) is 5.25. The number of nitrogens with one attached hydrogen (secondary N) is 1. The predicted octanol–water partition coefficient (Wildman–Crippen LogP) is 3.08. The standard InChI is InChI=1S/C12H17N3S2/c1-12(2,3)13-7-11-15-14-10(17-11)6-9-4-5-16-8-9/h4-5,8,13H,6-7H2,1-3H3. The SMILES string of the molecule is CC(C)(C)NCc1nnc(Cc2ccsc2)s1. The highest BCUT2D eigenvalue weighted by molar-refractivity contribution is 7.11. The van der Waals surface area contributed by atoms with Crippen LogP contribution in [0.2, 0.25) is 0 Å². The van der Waals surface area contributed by atoms with E-state index in [1.54, 1.807) is 22.7 Å². The van der Waals surface area contributed by atoms with Gasteiger partial charge in [-0.2, -0.15) is 11.3 Å². The minimum Gasteiger partial charge on any atom is -0.306 e. The molecule has 2 heterocycles. The summed E-state index contributed by atoms with van der Waals surface area (Å²) in [6.45, 7) is 7.26. The number of rotatable bonds is 4. The van der Waals surface area contributed by atoms with Crippen molar-refractivity contribution in [1.29, 1.82) is 0 Å². The van der Waals surface area contributed by atoms with E-state index in [1.807, 2.05) is 0 Å². The van der Waals surface area contributed by atoms with Gasteiger partial charge in [0.25, 0.3) is 0 Å². The fourth-order valence-electron chi connectivity index (χ4n) is 1.34. The van der Waals surface area contributed by atoms with Crippen molar-refractivity contribution < 1.29 is 0 Å². The molecule has 17 heavy (non-hydrogen) atoms. The van der Waals surface area contributed by atoms with E-state index >= 15 is 0 Å². The topological polar surface area (TPSA) is 37.8 Å². The molecule has 0 aromatic carbocycles. The summed E-state index contributed by atoms with van der Waals surface area (Å²) in [6.07, 6.45) is 0.899. The predicted molar refractivity (Wildman–Crippen MR) is 73.6 cm³/mol. The first-order valence-corrected chi connectivity index (χ1v) is 7.36. The molecule has 92 valence electrons. The summed E-state index contributed by atoms with van der Waals surface area (Å²) in [5.74, 6) is 0. The minimum absolute atomic E-state index is 0.124. The number of thiophene rings is 1. The first kappa shape index (κ1) is 12.7. The first-order chi connectivity index (χ1) is 8.03. The van der Waals surface area contributed by atoms with E-state index in [9.17, 15) is 0 Å². The summed E-state index contributed by atoms with van der Waals surface area (Å²) in [4.78, 5) is 0. The summed E-state index contributed by atoms with van der Waals surface area (Å²) in [5, 5.41) is 18.3. The first-order valence-electron chi connectivity index (χ1n) is 5.60. The van der Waals surface area contributed by atoms with Gasteiger partial charge in [-0.25, -0.2) is 0 Å². The van der Waals surface area contributed by atoms with Gasteiger partial charge in [-0.05, 0) is 43.2 Å². The fourth-order valence-corrected chi connectivity index (χ4v) is 2.83. The van der Waals surface area contributed by atoms with Gasteiger partial charge in [0.05, 0.1) is 6.54 Å². The molecule has 0 fully saturated rings. The second-order valence-corrected chi connectivity index (χ2v) is 6.93. The average Bonchev–Trinajstić information content (AvgIpc) is 2.86. The Morgan fingerprint density at radius 1 is 1.24 bits per heavy atom. The fraction of sp³-hybridized carbons (Fsp3) is 0.500. The van der Waals surface area contributed by atoms with E-state index in [1.165, 1.54) is 5.56 Å². The third-order valence-corrected chi connectivity index (χ3v) is 3.87. The Morgan fingerprint density at radius 3 is 2.65 bits per heavy atom. The zero-order chi connectivity index (χ0) is 12.3. The van der Waals surface area contributed by atoms with Gasteiger partial charge in [-0.1, -0.05) is 11.3 Å². The molecule has 0 unspecified atom stereocenters. The molecule has 0 radical (unpaired) electrons. The van der Waals surface area contributed by atoms with Crippen LogP contribution < -0.4 is 5.32 Å². The monoisotopic (exact) mass is 267 g/mol. The van der Waals surface area contributed by atoms with Crippen LogP contribution in [0.3, 0.4) is 0 Å². The molecule has 0 amide bonds. The average molecular weight is 267 g/mol. The lowest BCUT2D eigenvalue weighted by molar-refractivity contribution is 0.423. The highest BCUT2D eigenvalue weighted by atomic mass is 32.1. The zero-order valence-electron chi connectivity index (χ0n) is 10.4. The molecule has 2 aromatic heterocycles. The molecule has 3 nitrogen and oxygen atoms in total. The molecule has 0 aliphatic rings. The van der Waals surface area contributed by atoms with E-state index < -0.39 is 0 Å². The molecule has 0 aliphatic carbocycles. The van der Waals surface area contributed by atoms with Crippen LogP contribution in [-0.4, -0.2) is 15.7 Å². The van der Waals surface area contributed by atoms with Crippen molar-refractivity contribution in [2.24, 2.45) is 0 Å². The highest BCUT2D eigenvalue weighted by Gasteiger charge is 2.11. The van der Waals surface area contributed by atoms with Crippen molar-refractivity contribution in [2.45, 2.75) is 39.3 Å². The molecule has 1 N–H and O–H groups in total. The quantitative estimate of drug-likeness (QED) is 0.925. The zero-order valence-corrected chi connectivity index (χ0v) is 12.0. The Bertz CT molecular complexity index is 454. The highest BCUT2D eigenvalue weighted by Crippen LogP contribution is 2.16. The van der Waals surface area contributed by atoms with Crippen LogP contribution in [0.1, 0.15) is 36.3 Å². The lowest BCUT2D eigenvalue weighted by atomic mass is 10.1. The van der Waals surface area contributed by atoms with Crippen LogP contribution in [0.5, 0.6) is 0 Å². The van der Waals surface area contributed by atoms with E-state index in [0.717, 1.165) is 23.0 Å². The van der Waals surface area contributed by atoms with E-state index in [0.29, 0.717) is 0 Å². The Labute approximate surface area is 110 Å². The van der Waals surface area contributed by atoms with Crippen LogP contribution in [0.25, 0.3) is 0 Å². The summed E-state index contributed by atoms with van der Waals surface area (Å²) in [7, 11) is 0. The Balaban J connectivity index is 1.92. The molecule has 0 aliphatic heterocycles. The molecule has 0 spiro atoms. The van der Waals surface area contributed by atoms with E-state index in [2.05, 4.69) is 53.1 Å². The van der Waals surface area contributed by atoms with Crippen molar-refractivity contribution >= 4 is 22.7 Å². The van der Waals surface area contributed by atoms with Crippen LogP contribution >= 0.6 is 22.7 Å². The summed E-state index contributed by atoms with van der Waals surface area (Å²) in [5.41, 5.74) is 1.45. The molecular weight excluding hydrogens is 250 g/mol. The van der Waals surface area contributed by atoms with Gasteiger partial charge in [0.15, 0.2) is 0 Å². The minimum atomic E-state index is 0.124. The molecule has 0 bridgehead atoms. The van der Waals surface area contributed by atoms with Gasteiger partial charge in [0.1, 0.15) is 10.0 Å².